The van der Waals surface area contributed by atoms with Gasteiger partial charge in [-0.05, 0) is 73.5 Å². The minimum atomic E-state index is -0.391. The van der Waals surface area contributed by atoms with Crippen LogP contribution in [0.15, 0.2) is 59.7 Å². The lowest BCUT2D eigenvalue weighted by molar-refractivity contribution is -0.125. The van der Waals surface area contributed by atoms with Crippen molar-refractivity contribution in [2.24, 2.45) is 5.92 Å². The smallest absolute Gasteiger partial charge is 0.223 e. The van der Waals surface area contributed by atoms with Crippen LogP contribution in [0, 0.1) is 17.6 Å². The number of carbonyl (C=O) groups is 2. The van der Waals surface area contributed by atoms with Gasteiger partial charge in [-0.15, -0.1) is 0 Å². The summed E-state index contributed by atoms with van der Waals surface area (Å²) in [5.74, 6) is -1.33. The summed E-state index contributed by atoms with van der Waals surface area (Å²) in [6.07, 6.45) is 4.06. The monoisotopic (exact) mass is 452 g/mol. The molecule has 1 amide bonds. The van der Waals surface area contributed by atoms with E-state index in [0.29, 0.717) is 41.7 Å². The third-order valence-corrected chi connectivity index (χ3v) is 5.93. The molecular weight excluding hydrogens is 422 g/mol. The molecule has 174 valence electrons. The summed E-state index contributed by atoms with van der Waals surface area (Å²) in [5.41, 5.74) is 2.40. The van der Waals surface area contributed by atoms with Crippen LogP contribution in [0.25, 0.3) is 12.2 Å². The number of rotatable bonds is 8. The van der Waals surface area contributed by atoms with Gasteiger partial charge in [-0.25, -0.2) is 8.78 Å². The van der Waals surface area contributed by atoms with Gasteiger partial charge in [-0.1, -0.05) is 38.1 Å². The number of halogens is 2. The lowest BCUT2D eigenvalue weighted by Gasteiger charge is -2.26. The molecular formula is C27H30F2N2O2. The van der Waals surface area contributed by atoms with E-state index >= 15 is 0 Å². The molecule has 0 aromatic heterocycles. The molecule has 1 aliphatic rings. The van der Waals surface area contributed by atoms with Crippen molar-refractivity contribution < 1.29 is 18.4 Å². The first-order valence-electron chi connectivity index (χ1n) is 11.4. The number of nitrogens with one attached hydrogen (secondary N) is 1. The normalized spacial score (nSPS) is 18.8. The van der Waals surface area contributed by atoms with Gasteiger partial charge in [-0.2, -0.15) is 0 Å². The largest absolute Gasteiger partial charge is 0.355 e. The second-order valence-electron chi connectivity index (χ2n) is 8.19. The molecule has 0 spiro atoms. The van der Waals surface area contributed by atoms with Crippen LogP contribution in [0.4, 0.5) is 8.78 Å². The maximum Gasteiger partial charge on any atom is 0.223 e. The van der Waals surface area contributed by atoms with Crippen LogP contribution >= 0.6 is 0 Å². The molecule has 0 radical (unpaired) electrons. The van der Waals surface area contributed by atoms with Gasteiger partial charge >= 0.3 is 0 Å². The predicted molar refractivity (Wildman–Crippen MR) is 127 cm³/mol. The highest BCUT2D eigenvalue weighted by Crippen LogP contribution is 2.32. The molecule has 1 aliphatic carbocycles. The van der Waals surface area contributed by atoms with Crippen molar-refractivity contribution in [3.8, 4) is 0 Å². The van der Waals surface area contributed by atoms with Crippen molar-refractivity contribution in [2.45, 2.75) is 26.7 Å². The van der Waals surface area contributed by atoms with Crippen molar-refractivity contribution in [1.29, 1.82) is 0 Å². The summed E-state index contributed by atoms with van der Waals surface area (Å²) in [7, 11) is 0. The fourth-order valence-electron chi connectivity index (χ4n) is 3.97. The summed E-state index contributed by atoms with van der Waals surface area (Å²) in [4.78, 5) is 28.4. The average Bonchev–Trinajstić information content (AvgIpc) is 2.82. The third kappa shape index (κ3) is 6.93. The van der Waals surface area contributed by atoms with Gasteiger partial charge in [-0.3, -0.25) is 9.59 Å². The molecule has 33 heavy (non-hydrogen) atoms. The van der Waals surface area contributed by atoms with Crippen LogP contribution < -0.4 is 5.32 Å². The fraction of sp³-hybridized carbons (Fsp3) is 0.333. The zero-order valence-electron chi connectivity index (χ0n) is 19.1. The van der Waals surface area contributed by atoms with E-state index in [1.165, 1.54) is 24.3 Å². The first-order valence-corrected chi connectivity index (χ1v) is 11.4. The van der Waals surface area contributed by atoms with Crippen molar-refractivity contribution >= 4 is 23.8 Å². The Morgan fingerprint density at radius 3 is 1.79 bits per heavy atom. The number of nitrogens with zero attached hydrogens (tertiary/aromatic N) is 1. The van der Waals surface area contributed by atoms with Crippen LogP contribution in [0.3, 0.4) is 0 Å². The Bertz CT molecular complexity index is 956. The number of hydrogen-bond donors (Lipinski definition) is 1. The van der Waals surface area contributed by atoms with E-state index in [2.05, 4.69) is 24.1 Å². The quantitative estimate of drug-likeness (QED) is 0.582. The highest BCUT2D eigenvalue weighted by Gasteiger charge is 2.32. The second-order valence-corrected chi connectivity index (χ2v) is 8.19. The number of Topliss-reactive ketones (excluding diaryl/α,β-unsaturated/α-hetero) is 1. The third-order valence-electron chi connectivity index (χ3n) is 5.93. The van der Waals surface area contributed by atoms with Gasteiger partial charge in [0.05, 0.1) is 0 Å². The molecule has 0 bridgehead atoms. The minimum absolute atomic E-state index is 0.0929. The Labute approximate surface area is 194 Å². The first kappa shape index (κ1) is 24.5. The predicted octanol–water partition coefficient (Wildman–Crippen LogP) is 4.87. The number of ketones is 1. The molecule has 2 aromatic carbocycles. The van der Waals surface area contributed by atoms with E-state index in [0.717, 1.165) is 19.6 Å². The molecule has 0 saturated heterocycles. The maximum atomic E-state index is 13.3. The lowest BCUT2D eigenvalue weighted by atomic mass is 9.79. The molecule has 1 unspecified atom stereocenters. The number of carbonyl (C=O) groups excluding carboxylic acids is 2. The van der Waals surface area contributed by atoms with Crippen molar-refractivity contribution in [2.75, 3.05) is 26.2 Å². The molecule has 6 heteroatoms. The molecule has 1 N–H and O–H groups in total. The molecule has 1 fully saturated rings. The summed E-state index contributed by atoms with van der Waals surface area (Å²) in [5, 5.41) is 3.00. The van der Waals surface area contributed by atoms with Gasteiger partial charge in [0.25, 0.3) is 0 Å². The molecule has 0 heterocycles. The zero-order valence-corrected chi connectivity index (χ0v) is 19.1. The highest BCUT2D eigenvalue weighted by atomic mass is 19.1. The molecule has 1 saturated carbocycles. The molecule has 4 nitrogen and oxygen atoms in total. The lowest BCUT2D eigenvalue weighted by Crippen LogP contribution is -2.39. The number of benzene rings is 2. The summed E-state index contributed by atoms with van der Waals surface area (Å²) in [6.45, 7) is 7.30. The first-order chi connectivity index (χ1) is 15.9. The standard InChI is InChI=1S/C27H30F2N2O2/c1-3-31(4-2)14-13-30-27(33)23-17-21(15-19-5-9-24(28)10-6-19)26(32)22(18-23)16-20-7-11-25(29)12-8-20/h5-12,15-16,23H,3-4,13-14,17-18H2,1-2H3,(H,30,33)/b21-15-,22-16+. The highest BCUT2D eigenvalue weighted by molar-refractivity contribution is 6.15. The summed E-state index contributed by atoms with van der Waals surface area (Å²) < 4.78 is 26.6. The van der Waals surface area contributed by atoms with Crippen LogP contribution in [0.2, 0.25) is 0 Å². The minimum Gasteiger partial charge on any atom is -0.355 e. The molecule has 2 aromatic rings. The Morgan fingerprint density at radius 2 is 1.36 bits per heavy atom. The van der Waals surface area contributed by atoms with E-state index in [-0.39, 0.29) is 23.3 Å². The summed E-state index contributed by atoms with van der Waals surface area (Å²) >= 11 is 0. The second kappa shape index (κ2) is 11.7. The summed E-state index contributed by atoms with van der Waals surface area (Å²) in [6, 6.07) is 11.8. The van der Waals surface area contributed by atoms with Crippen molar-refractivity contribution in [1.82, 2.24) is 10.2 Å². The van der Waals surface area contributed by atoms with Crippen LogP contribution in [-0.2, 0) is 9.59 Å². The topological polar surface area (TPSA) is 49.4 Å². The maximum absolute atomic E-state index is 13.3. The number of amides is 1. The van der Waals surface area contributed by atoms with E-state index in [1.54, 1.807) is 36.4 Å². The van der Waals surface area contributed by atoms with E-state index < -0.39 is 5.92 Å². The van der Waals surface area contributed by atoms with Crippen molar-refractivity contribution in [3.63, 3.8) is 0 Å². The Kier molecular flexibility index (Phi) is 8.66. The Morgan fingerprint density at radius 1 is 0.909 bits per heavy atom. The van der Waals surface area contributed by atoms with Crippen LogP contribution in [-0.4, -0.2) is 42.8 Å². The fourth-order valence-corrected chi connectivity index (χ4v) is 3.97. The van der Waals surface area contributed by atoms with Gasteiger partial charge < -0.3 is 10.2 Å². The van der Waals surface area contributed by atoms with Gasteiger partial charge in [0.15, 0.2) is 5.78 Å². The van der Waals surface area contributed by atoms with Gasteiger partial charge in [0.2, 0.25) is 5.91 Å². The molecule has 0 aliphatic heterocycles. The number of allylic oxidation sites excluding steroid dienone is 2. The van der Waals surface area contributed by atoms with E-state index in [1.807, 2.05) is 0 Å². The van der Waals surface area contributed by atoms with Gasteiger partial charge in [0, 0.05) is 30.2 Å². The van der Waals surface area contributed by atoms with Crippen LogP contribution in [0.5, 0.6) is 0 Å². The van der Waals surface area contributed by atoms with Gasteiger partial charge in [0.1, 0.15) is 11.6 Å². The number of likely N-dealkylation sites (N-methyl/N-ethyl adjacent to an activating group) is 1. The molecule has 3 rings (SSSR count). The van der Waals surface area contributed by atoms with Crippen LogP contribution in [0.1, 0.15) is 37.8 Å². The molecule has 1 atom stereocenters. The SMILES string of the molecule is CCN(CC)CCNC(=O)C1C/C(=C/c2ccc(F)cc2)C(=O)/C(=C/c2ccc(F)cc2)C1. The van der Waals surface area contributed by atoms with E-state index in [9.17, 15) is 18.4 Å². The Balaban J connectivity index is 1.84. The number of hydrogen-bond acceptors (Lipinski definition) is 3. The zero-order chi connectivity index (χ0) is 23.8. The van der Waals surface area contributed by atoms with E-state index in [4.69, 9.17) is 0 Å². The van der Waals surface area contributed by atoms with Crippen molar-refractivity contribution in [3.05, 3.63) is 82.4 Å². The average molecular weight is 453 g/mol. The Hall–Kier alpha value is -3.12.